The lowest BCUT2D eigenvalue weighted by Gasteiger charge is -2.24. The summed E-state index contributed by atoms with van der Waals surface area (Å²) in [6.45, 7) is 6.31. The molecule has 64 heavy (non-hydrogen) atoms. The van der Waals surface area contributed by atoms with E-state index in [2.05, 4.69) is 74.7 Å². The van der Waals surface area contributed by atoms with Gasteiger partial charge in [-0.3, -0.25) is 9.59 Å². The Kier molecular flexibility index (Phi) is 49.1. The molecule has 3 unspecified atom stereocenters. The summed E-state index contributed by atoms with van der Waals surface area (Å²) in [5.41, 5.74) is 0. The van der Waals surface area contributed by atoms with E-state index in [1.165, 1.54) is 135 Å². The van der Waals surface area contributed by atoms with Crippen LogP contribution in [0.25, 0.3) is 0 Å². The van der Waals surface area contributed by atoms with Crippen molar-refractivity contribution < 1.29 is 24.5 Å². The lowest BCUT2D eigenvalue weighted by atomic mass is 10.0. The molecule has 0 saturated carbocycles. The zero-order valence-corrected chi connectivity index (χ0v) is 42.1. The van der Waals surface area contributed by atoms with E-state index in [1.54, 1.807) is 0 Å². The minimum Gasteiger partial charge on any atom is -0.462 e. The Hall–Kier alpha value is -2.70. The van der Waals surface area contributed by atoms with Crippen molar-refractivity contribution in [3.8, 4) is 0 Å². The van der Waals surface area contributed by atoms with Crippen molar-refractivity contribution in [2.75, 3.05) is 6.61 Å². The summed E-state index contributed by atoms with van der Waals surface area (Å²) < 4.78 is 5.92. The number of rotatable bonds is 48. The molecule has 370 valence electrons. The molecule has 0 aromatic rings. The molecule has 0 bridgehead atoms. The molecular weight excluding hydrogens is 791 g/mol. The van der Waals surface area contributed by atoms with Gasteiger partial charge < -0.3 is 20.3 Å². The average Bonchev–Trinajstić information content (AvgIpc) is 3.29. The second-order valence-corrected chi connectivity index (χ2v) is 18.4. The average molecular weight is 894 g/mol. The first kappa shape index (κ1) is 61.3. The van der Waals surface area contributed by atoms with Crippen LogP contribution in [-0.2, 0) is 14.3 Å². The number of carbonyl (C=O) groups excluding carboxylic acids is 2. The fraction of sp³-hybridized carbons (Fsp3) is 0.759. The molecule has 3 N–H and O–H groups in total. The van der Waals surface area contributed by atoms with Crippen LogP contribution >= 0.6 is 0 Å². The molecule has 0 aliphatic rings. The molecule has 1 amide bonds. The van der Waals surface area contributed by atoms with Crippen molar-refractivity contribution in [2.24, 2.45) is 0 Å². The van der Waals surface area contributed by atoms with E-state index in [0.717, 1.165) is 77.0 Å². The third kappa shape index (κ3) is 45.9. The van der Waals surface area contributed by atoms with Crippen molar-refractivity contribution in [3.63, 3.8) is 0 Å². The zero-order chi connectivity index (χ0) is 46.7. The molecule has 0 fully saturated rings. The first-order valence-corrected chi connectivity index (χ1v) is 27.2. The maximum absolute atomic E-state index is 13.2. The number of esters is 1. The van der Waals surface area contributed by atoms with Crippen LogP contribution < -0.4 is 5.32 Å². The van der Waals surface area contributed by atoms with Crippen molar-refractivity contribution in [2.45, 2.75) is 277 Å². The van der Waals surface area contributed by atoms with Crippen molar-refractivity contribution >= 4 is 11.9 Å². The summed E-state index contributed by atoms with van der Waals surface area (Å²) in [7, 11) is 0. The van der Waals surface area contributed by atoms with Gasteiger partial charge in [0.05, 0.1) is 25.2 Å². The number of ether oxygens (including phenoxy) is 1. The zero-order valence-electron chi connectivity index (χ0n) is 42.1. The monoisotopic (exact) mass is 894 g/mol. The smallest absolute Gasteiger partial charge is 0.306 e. The van der Waals surface area contributed by atoms with E-state index < -0.39 is 18.2 Å². The van der Waals surface area contributed by atoms with Gasteiger partial charge in [0.2, 0.25) is 5.91 Å². The van der Waals surface area contributed by atoms with E-state index in [4.69, 9.17) is 4.74 Å². The van der Waals surface area contributed by atoms with E-state index in [1.807, 2.05) is 24.3 Å². The topological polar surface area (TPSA) is 95.9 Å². The van der Waals surface area contributed by atoms with Gasteiger partial charge in [-0.25, -0.2) is 0 Å². The van der Waals surface area contributed by atoms with Crippen LogP contribution in [0.2, 0.25) is 0 Å². The fourth-order valence-corrected chi connectivity index (χ4v) is 8.02. The SMILES string of the molecule is CC/C=C/C=C/C=C/C=C\CCCCCC(CC(=O)NC(CO)C(O)CCCCCCCCCCCCCCCCCCC)OC(=O)CCCCCCCC/C=C/C=C/CCCCC. The van der Waals surface area contributed by atoms with Crippen LogP contribution in [0.15, 0.2) is 72.9 Å². The third-order valence-corrected chi connectivity index (χ3v) is 12.1. The van der Waals surface area contributed by atoms with E-state index in [9.17, 15) is 19.8 Å². The molecule has 0 aromatic carbocycles. The van der Waals surface area contributed by atoms with Gasteiger partial charge in [0.15, 0.2) is 0 Å². The minimum absolute atomic E-state index is 0.0445. The first-order valence-electron chi connectivity index (χ1n) is 27.2. The van der Waals surface area contributed by atoms with Gasteiger partial charge in [-0.2, -0.15) is 0 Å². The van der Waals surface area contributed by atoms with Gasteiger partial charge in [-0.05, 0) is 70.6 Å². The van der Waals surface area contributed by atoms with E-state index in [0.29, 0.717) is 19.3 Å². The van der Waals surface area contributed by atoms with Gasteiger partial charge in [0.25, 0.3) is 0 Å². The lowest BCUT2D eigenvalue weighted by molar-refractivity contribution is -0.151. The number of hydrogen-bond donors (Lipinski definition) is 3. The van der Waals surface area contributed by atoms with Crippen LogP contribution in [0.1, 0.15) is 258 Å². The summed E-state index contributed by atoms with van der Waals surface area (Å²) in [6.07, 6.45) is 65.3. The first-order chi connectivity index (χ1) is 31.5. The van der Waals surface area contributed by atoms with Crippen LogP contribution in [0, 0.1) is 0 Å². The highest BCUT2D eigenvalue weighted by Gasteiger charge is 2.24. The van der Waals surface area contributed by atoms with Crippen LogP contribution in [-0.4, -0.2) is 46.9 Å². The number of amides is 1. The molecule has 0 aromatic heterocycles. The Morgan fingerprint density at radius 2 is 0.844 bits per heavy atom. The quantitative estimate of drug-likeness (QED) is 0.0321. The number of unbranched alkanes of at least 4 members (excludes halogenated alkanes) is 28. The molecule has 6 heteroatoms. The molecule has 0 saturated heterocycles. The number of hydrogen-bond acceptors (Lipinski definition) is 5. The van der Waals surface area contributed by atoms with Gasteiger partial charge in [-0.1, -0.05) is 248 Å². The Morgan fingerprint density at radius 1 is 0.469 bits per heavy atom. The number of nitrogens with one attached hydrogen (secondary N) is 1. The number of aliphatic hydroxyl groups is 2. The summed E-state index contributed by atoms with van der Waals surface area (Å²) in [6, 6.07) is -0.720. The fourth-order valence-electron chi connectivity index (χ4n) is 8.02. The maximum atomic E-state index is 13.2. The molecule has 0 aliphatic carbocycles. The Bertz CT molecular complexity index is 1190. The normalized spacial score (nSPS) is 13.8. The van der Waals surface area contributed by atoms with Crippen LogP contribution in [0.5, 0.6) is 0 Å². The summed E-state index contributed by atoms with van der Waals surface area (Å²) in [4.78, 5) is 26.2. The molecular formula is C58H103NO5. The van der Waals surface area contributed by atoms with Crippen molar-refractivity contribution in [3.05, 3.63) is 72.9 Å². The van der Waals surface area contributed by atoms with Gasteiger partial charge in [0.1, 0.15) is 6.10 Å². The standard InChI is InChI=1S/C58H103NO5/c1-4-7-10-13-16-19-22-25-27-28-30-32-35-38-41-44-47-50-56(61)55(53-60)59-57(62)52-54(49-46-43-40-37-34-31-24-21-18-15-12-9-6-3)64-58(63)51-48-45-42-39-36-33-29-26-23-20-17-14-11-8-5-2/h9,12,15,17-18,20-21,23-24,26,31,34,54-56,60-61H,4-8,10-11,13-14,16,19,22,25,27-30,32-33,35-53H2,1-3H3,(H,59,62)/b12-9+,18-15+,20-17+,24-21+,26-23+,34-31-. The van der Waals surface area contributed by atoms with Gasteiger partial charge in [0, 0.05) is 6.42 Å². The molecule has 0 radical (unpaired) electrons. The lowest BCUT2D eigenvalue weighted by Crippen LogP contribution is -2.46. The Morgan fingerprint density at radius 3 is 1.34 bits per heavy atom. The van der Waals surface area contributed by atoms with Gasteiger partial charge >= 0.3 is 5.97 Å². The van der Waals surface area contributed by atoms with Crippen molar-refractivity contribution in [1.29, 1.82) is 0 Å². The molecule has 3 atom stereocenters. The van der Waals surface area contributed by atoms with Crippen LogP contribution in [0.4, 0.5) is 0 Å². The largest absolute Gasteiger partial charge is 0.462 e. The number of carbonyl (C=O) groups is 2. The molecule has 0 aliphatic heterocycles. The van der Waals surface area contributed by atoms with E-state index in [-0.39, 0.29) is 24.9 Å². The number of allylic oxidation sites excluding steroid dienone is 12. The predicted molar refractivity (Wildman–Crippen MR) is 278 cm³/mol. The second-order valence-electron chi connectivity index (χ2n) is 18.4. The van der Waals surface area contributed by atoms with E-state index >= 15 is 0 Å². The molecule has 0 heterocycles. The highest BCUT2D eigenvalue weighted by Crippen LogP contribution is 2.18. The summed E-state index contributed by atoms with van der Waals surface area (Å²) in [5, 5.41) is 23.8. The van der Waals surface area contributed by atoms with Crippen LogP contribution in [0.3, 0.4) is 0 Å². The number of aliphatic hydroxyl groups excluding tert-OH is 2. The van der Waals surface area contributed by atoms with Crippen molar-refractivity contribution in [1.82, 2.24) is 5.32 Å². The minimum atomic E-state index is -0.804. The molecule has 6 nitrogen and oxygen atoms in total. The molecule has 0 spiro atoms. The highest BCUT2D eigenvalue weighted by atomic mass is 16.5. The van der Waals surface area contributed by atoms with Gasteiger partial charge in [-0.15, -0.1) is 0 Å². The molecule has 0 rings (SSSR count). The maximum Gasteiger partial charge on any atom is 0.306 e. The summed E-state index contributed by atoms with van der Waals surface area (Å²) in [5.74, 6) is -0.526. The third-order valence-electron chi connectivity index (χ3n) is 12.1. The predicted octanol–water partition coefficient (Wildman–Crippen LogP) is 16.6. The summed E-state index contributed by atoms with van der Waals surface area (Å²) >= 11 is 0. The Balaban J connectivity index is 4.58. The second kappa shape index (κ2) is 51.3. The highest BCUT2D eigenvalue weighted by molar-refractivity contribution is 5.77. The Labute approximate surface area is 396 Å².